The van der Waals surface area contributed by atoms with Gasteiger partial charge in [0.2, 0.25) is 10.0 Å². The number of ether oxygens (including phenoxy) is 1. The van der Waals surface area contributed by atoms with Gasteiger partial charge in [-0.2, -0.15) is 4.31 Å². The Morgan fingerprint density at radius 3 is 2.12 bits per heavy atom. The number of halogens is 1. The Kier molecular flexibility index (Phi) is 7.69. The second-order valence-corrected chi connectivity index (χ2v) is 14.0. The van der Waals surface area contributed by atoms with E-state index in [1.54, 1.807) is 41.0 Å². The summed E-state index contributed by atoms with van der Waals surface area (Å²) in [6.45, 7) is 3.64. The van der Waals surface area contributed by atoms with Gasteiger partial charge in [0.15, 0.2) is 0 Å². The number of sulfonamides is 1. The summed E-state index contributed by atoms with van der Waals surface area (Å²) in [6, 6.07) is 22.0. The minimum Gasteiger partial charge on any atom is -0.379 e. The van der Waals surface area contributed by atoms with Crippen molar-refractivity contribution in [2.24, 2.45) is 0 Å². The zero-order chi connectivity index (χ0) is 29.6. The van der Waals surface area contributed by atoms with Crippen LogP contribution >= 0.6 is 11.6 Å². The SMILES string of the molecule is O=C(c1ccc(-c2ccncc2)cc1)N1C2CC(N3CCOCC3)CC1CN(S(=O)(=O)c1ccc3cc(Cl)ccc3c1)C2. The monoisotopic (exact) mass is 616 g/mol. The highest BCUT2D eigenvalue weighted by atomic mass is 35.5. The molecule has 222 valence electrons. The summed E-state index contributed by atoms with van der Waals surface area (Å²) in [5.74, 6) is -0.0451. The number of pyridine rings is 1. The molecule has 0 aliphatic carbocycles. The van der Waals surface area contributed by atoms with Gasteiger partial charge in [0, 0.05) is 67.3 Å². The van der Waals surface area contributed by atoms with E-state index >= 15 is 0 Å². The van der Waals surface area contributed by atoms with Crippen molar-refractivity contribution in [2.45, 2.75) is 35.9 Å². The van der Waals surface area contributed by atoms with Crippen molar-refractivity contribution in [3.63, 3.8) is 0 Å². The van der Waals surface area contributed by atoms with Crippen LogP contribution in [0.5, 0.6) is 0 Å². The molecular formula is C33H33ClN4O4S. The normalized spacial score (nSPS) is 23.4. The van der Waals surface area contributed by atoms with E-state index in [2.05, 4.69) is 9.88 Å². The quantitative estimate of drug-likeness (QED) is 0.316. The molecule has 2 atom stereocenters. The fourth-order valence-electron chi connectivity index (χ4n) is 6.89. The number of carbonyl (C=O) groups excluding carboxylic acids is 1. The number of hydrogen-bond acceptors (Lipinski definition) is 6. The molecule has 0 saturated carbocycles. The lowest BCUT2D eigenvalue weighted by Gasteiger charge is -2.53. The minimum absolute atomic E-state index is 0.0451. The van der Waals surface area contributed by atoms with Gasteiger partial charge in [0.25, 0.3) is 5.91 Å². The number of hydrogen-bond donors (Lipinski definition) is 0. The lowest BCUT2D eigenvalue weighted by Crippen LogP contribution is -2.67. The minimum atomic E-state index is -3.77. The maximum atomic E-state index is 14.0. The van der Waals surface area contributed by atoms with Crippen LogP contribution in [0.15, 0.2) is 90.1 Å². The lowest BCUT2D eigenvalue weighted by atomic mass is 9.86. The van der Waals surface area contributed by atoms with Crippen LogP contribution in [-0.2, 0) is 14.8 Å². The summed E-state index contributed by atoms with van der Waals surface area (Å²) < 4.78 is 35.2. The molecule has 43 heavy (non-hydrogen) atoms. The number of rotatable bonds is 5. The molecular weight excluding hydrogens is 584 g/mol. The number of aromatic nitrogens is 1. The van der Waals surface area contributed by atoms with E-state index in [0.29, 0.717) is 23.8 Å². The van der Waals surface area contributed by atoms with Gasteiger partial charge >= 0.3 is 0 Å². The number of fused-ring (bicyclic) bond motifs is 3. The van der Waals surface area contributed by atoms with Crippen molar-refractivity contribution in [3.8, 4) is 11.1 Å². The van der Waals surface area contributed by atoms with E-state index in [4.69, 9.17) is 16.3 Å². The first-order chi connectivity index (χ1) is 20.9. The number of benzene rings is 3. The molecule has 3 aliphatic heterocycles. The third-order valence-corrected chi connectivity index (χ3v) is 11.1. The molecule has 8 nitrogen and oxygen atoms in total. The molecule has 4 aromatic rings. The largest absolute Gasteiger partial charge is 0.379 e. The van der Waals surface area contributed by atoms with Crippen molar-refractivity contribution in [1.82, 2.24) is 19.1 Å². The van der Waals surface area contributed by atoms with Crippen molar-refractivity contribution in [1.29, 1.82) is 0 Å². The van der Waals surface area contributed by atoms with Crippen LogP contribution in [0.25, 0.3) is 21.9 Å². The van der Waals surface area contributed by atoms with Gasteiger partial charge in [0.1, 0.15) is 0 Å². The summed E-state index contributed by atoms with van der Waals surface area (Å²) in [4.78, 5) is 22.8. The molecule has 3 fully saturated rings. The molecule has 3 aromatic carbocycles. The molecule has 1 aromatic heterocycles. The smallest absolute Gasteiger partial charge is 0.254 e. The first kappa shape index (κ1) is 28.4. The third-order valence-electron chi connectivity index (χ3n) is 9.06. The molecule has 10 heteroatoms. The summed E-state index contributed by atoms with van der Waals surface area (Å²) in [5.41, 5.74) is 2.66. The van der Waals surface area contributed by atoms with E-state index in [1.165, 1.54) is 0 Å². The maximum absolute atomic E-state index is 14.0. The van der Waals surface area contributed by atoms with Gasteiger partial charge < -0.3 is 9.64 Å². The Morgan fingerprint density at radius 2 is 1.42 bits per heavy atom. The molecule has 0 N–H and O–H groups in total. The van der Waals surface area contributed by atoms with Crippen LogP contribution in [0, 0.1) is 0 Å². The molecule has 7 rings (SSSR count). The van der Waals surface area contributed by atoms with E-state index in [9.17, 15) is 13.2 Å². The predicted molar refractivity (Wildman–Crippen MR) is 167 cm³/mol. The topological polar surface area (TPSA) is 83.1 Å². The Labute approximate surface area is 256 Å². The van der Waals surface area contributed by atoms with E-state index in [1.807, 2.05) is 53.4 Å². The fraction of sp³-hybridized carbons (Fsp3) is 0.333. The van der Waals surface area contributed by atoms with Crippen LogP contribution in [0.4, 0.5) is 0 Å². The van der Waals surface area contributed by atoms with Crippen molar-refractivity contribution in [2.75, 3.05) is 39.4 Å². The molecule has 2 unspecified atom stereocenters. The molecule has 0 spiro atoms. The van der Waals surface area contributed by atoms with Gasteiger partial charge in [0.05, 0.1) is 18.1 Å². The zero-order valence-corrected chi connectivity index (χ0v) is 25.3. The summed E-state index contributed by atoms with van der Waals surface area (Å²) in [5, 5.41) is 2.32. The van der Waals surface area contributed by atoms with Crippen LogP contribution < -0.4 is 0 Å². The summed E-state index contributed by atoms with van der Waals surface area (Å²) >= 11 is 6.14. The number of amides is 1. The standard InChI is InChI=1S/C33H33ClN4O4S/c34-28-7-5-27-18-32(8-6-26(27)17-28)43(40,41)37-21-30-19-29(36-13-15-42-16-14-36)20-31(22-37)38(30)33(39)25-3-1-23(2-4-25)24-9-11-35-12-10-24/h1-12,17-18,29-31H,13-16,19-22H2. The molecule has 1 amide bonds. The first-order valence-corrected chi connectivity index (χ1v) is 16.5. The zero-order valence-electron chi connectivity index (χ0n) is 23.7. The van der Waals surface area contributed by atoms with Crippen molar-refractivity contribution >= 4 is 38.3 Å². The molecule has 2 bridgehead atoms. The van der Waals surface area contributed by atoms with Crippen LogP contribution in [0.1, 0.15) is 23.2 Å². The number of carbonyl (C=O) groups is 1. The maximum Gasteiger partial charge on any atom is 0.254 e. The average molecular weight is 617 g/mol. The highest BCUT2D eigenvalue weighted by molar-refractivity contribution is 7.89. The first-order valence-electron chi connectivity index (χ1n) is 14.7. The average Bonchev–Trinajstić information content (AvgIpc) is 3.04. The summed E-state index contributed by atoms with van der Waals surface area (Å²) in [6.07, 6.45) is 4.95. The van der Waals surface area contributed by atoms with E-state index < -0.39 is 10.0 Å². The van der Waals surface area contributed by atoms with Gasteiger partial charge in [-0.3, -0.25) is 14.7 Å². The second-order valence-electron chi connectivity index (χ2n) is 11.6. The fourth-order valence-corrected chi connectivity index (χ4v) is 8.62. The Bertz CT molecular complexity index is 1730. The highest BCUT2D eigenvalue weighted by Gasteiger charge is 2.47. The van der Waals surface area contributed by atoms with E-state index in [-0.39, 0.29) is 42.0 Å². The number of piperazine rings is 1. The molecule has 0 radical (unpaired) electrons. The highest BCUT2D eigenvalue weighted by Crippen LogP contribution is 2.36. The Balaban J connectivity index is 1.17. The van der Waals surface area contributed by atoms with Crippen LogP contribution in [0.2, 0.25) is 5.02 Å². The Hall–Kier alpha value is -3.34. The van der Waals surface area contributed by atoms with Gasteiger partial charge in [-0.1, -0.05) is 35.9 Å². The van der Waals surface area contributed by atoms with Gasteiger partial charge in [-0.05, 0) is 83.3 Å². The van der Waals surface area contributed by atoms with Crippen LogP contribution in [0.3, 0.4) is 0 Å². The van der Waals surface area contributed by atoms with Gasteiger partial charge in [-0.25, -0.2) is 8.42 Å². The van der Waals surface area contributed by atoms with Crippen molar-refractivity contribution < 1.29 is 17.9 Å². The number of piperidine rings is 1. The second kappa shape index (κ2) is 11.6. The van der Waals surface area contributed by atoms with Crippen LogP contribution in [-0.4, -0.2) is 90.9 Å². The lowest BCUT2D eigenvalue weighted by molar-refractivity contribution is -0.0388. The number of morpholine rings is 1. The van der Waals surface area contributed by atoms with Crippen molar-refractivity contribution in [3.05, 3.63) is 95.8 Å². The molecule has 4 heterocycles. The third kappa shape index (κ3) is 5.56. The number of nitrogens with zero attached hydrogens (tertiary/aromatic N) is 4. The Morgan fingerprint density at radius 1 is 0.791 bits per heavy atom. The van der Waals surface area contributed by atoms with Gasteiger partial charge in [-0.15, -0.1) is 0 Å². The molecule has 3 saturated heterocycles. The van der Waals surface area contributed by atoms with E-state index in [0.717, 1.165) is 47.8 Å². The predicted octanol–water partition coefficient (Wildman–Crippen LogP) is 4.93. The summed E-state index contributed by atoms with van der Waals surface area (Å²) in [7, 11) is -3.77. The molecule has 3 aliphatic rings.